The fourth-order valence-electron chi connectivity index (χ4n) is 2.37. The molecule has 1 heterocycles. The number of benzene rings is 2. The summed E-state index contributed by atoms with van der Waals surface area (Å²) in [5.74, 6) is 0. The van der Waals surface area contributed by atoms with Gasteiger partial charge in [0.15, 0.2) is 0 Å². The second-order valence-corrected chi connectivity index (χ2v) is 6.50. The van der Waals surface area contributed by atoms with Crippen molar-refractivity contribution in [2.24, 2.45) is 0 Å². The first-order valence-corrected chi connectivity index (χ1v) is 7.81. The molecule has 0 spiro atoms. The molecule has 0 saturated carbocycles. The smallest absolute Gasteiger partial charge is 0.306 e. The van der Waals surface area contributed by atoms with Crippen molar-refractivity contribution in [3.8, 4) is 0 Å². The number of hydrogen-bond donors (Lipinski definition) is 2. The molecule has 1 aromatic heterocycles. The third-order valence-electron chi connectivity index (χ3n) is 3.73. The molecule has 1 atom stereocenters. The lowest BCUT2D eigenvalue weighted by Gasteiger charge is -2.14. The Morgan fingerprint density at radius 3 is 2.38 bits per heavy atom. The summed E-state index contributed by atoms with van der Waals surface area (Å²) >= 11 is 10.2. The fraction of sp³-hybridized carbons (Fsp3) is 0.188. The number of aromatic amines is 2. The lowest BCUT2D eigenvalue weighted by molar-refractivity contribution is 1.12. The van der Waals surface area contributed by atoms with E-state index in [1.165, 1.54) is 11.1 Å². The molecule has 21 heavy (non-hydrogen) atoms. The van der Waals surface area contributed by atoms with E-state index >= 15 is 0 Å². The van der Waals surface area contributed by atoms with E-state index in [0.29, 0.717) is 0 Å². The van der Waals surface area contributed by atoms with Crippen LogP contribution in [0.15, 0.2) is 39.6 Å². The highest BCUT2D eigenvalue weighted by Crippen LogP contribution is 2.36. The number of H-pyrrole nitrogens is 2. The normalized spacial score (nSPS) is 12.8. The van der Waals surface area contributed by atoms with Crippen molar-refractivity contribution in [2.75, 3.05) is 0 Å². The van der Waals surface area contributed by atoms with Crippen LogP contribution in [0, 0.1) is 13.8 Å². The second-order valence-electron chi connectivity index (χ2n) is 5.20. The third-order valence-corrected chi connectivity index (χ3v) is 4.90. The van der Waals surface area contributed by atoms with Gasteiger partial charge < -0.3 is 9.97 Å². The lowest BCUT2D eigenvalue weighted by Crippen LogP contribution is -1.99. The van der Waals surface area contributed by atoms with Gasteiger partial charge in [-0.2, -0.15) is 0 Å². The summed E-state index contributed by atoms with van der Waals surface area (Å²) in [5.41, 5.74) is 5.73. The first kappa shape index (κ1) is 14.4. The van der Waals surface area contributed by atoms with Crippen molar-refractivity contribution in [3.63, 3.8) is 0 Å². The fourth-order valence-corrected chi connectivity index (χ4v) is 3.39. The lowest BCUT2D eigenvalue weighted by atomic mass is 10.00. The van der Waals surface area contributed by atoms with Crippen LogP contribution < -0.4 is 5.69 Å². The Hall–Kier alpha value is -1.52. The highest BCUT2D eigenvalue weighted by atomic mass is 79.9. The molecule has 1 unspecified atom stereocenters. The van der Waals surface area contributed by atoms with Crippen LogP contribution in [0.3, 0.4) is 0 Å². The topological polar surface area (TPSA) is 48.6 Å². The molecule has 3 nitrogen and oxygen atoms in total. The Labute approximate surface area is 135 Å². The van der Waals surface area contributed by atoms with Crippen molar-refractivity contribution < 1.29 is 0 Å². The molecule has 5 heteroatoms. The van der Waals surface area contributed by atoms with E-state index in [4.69, 9.17) is 11.6 Å². The van der Waals surface area contributed by atoms with Gasteiger partial charge in [0, 0.05) is 4.47 Å². The van der Waals surface area contributed by atoms with Gasteiger partial charge in [0.1, 0.15) is 0 Å². The van der Waals surface area contributed by atoms with Crippen LogP contribution in [-0.4, -0.2) is 9.97 Å². The predicted octanol–water partition coefficient (Wildman–Crippen LogP) is 4.56. The van der Waals surface area contributed by atoms with Crippen LogP contribution >= 0.6 is 27.5 Å². The molecule has 0 aliphatic heterocycles. The summed E-state index contributed by atoms with van der Waals surface area (Å²) in [4.78, 5) is 16.9. The predicted molar refractivity (Wildman–Crippen MR) is 90.2 cm³/mol. The van der Waals surface area contributed by atoms with Gasteiger partial charge in [-0.25, -0.2) is 4.79 Å². The second kappa shape index (κ2) is 5.35. The molecule has 0 aliphatic carbocycles. The molecular weight excluding hydrogens is 352 g/mol. The molecule has 0 saturated heterocycles. The molecule has 2 aromatic carbocycles. The van der Waals surface area contributed by atoms with E-state index in [9.17, 15) is 4.79 Å². The van der Waals surface area contributed by atoms with Crippen molar-refractivity contribution in [1.29, 1.82) is 0 Å². The van der Waals surface area contributed by atoms with Crippen LogP contribution in [0.4, 0.5) is 0 Å². The van der Waals surface area contributed by atoms with Crippen molar-refractivity contribution in [3.05, 3.63) is 67.5 Å². The summed E-state index contributed by atoms with van der Waals surface area (Å²) in [5, 5.41) is -0.276. The highest BCUT2D eigenvalue weighted by Gasteiger charge is 2.16. The maximum Gasteiger partial charge on any atom is 0.323 e. The summed E-state index contributed by atoms with van der Waals surface area (Å²) in [7, 11) is 0. The quantitative estimate of drug-likeness (QED) is 0.642. The van der Waals surface area contributed by atoms with Crippen LogP contribution in [0.2, 0.25) is 0 Å². The molecule has 3 aromatic rings. The van der Waals surface area contributed by atoms with Gasteiger partial charge in [-0.15, -0.1) is 11.6 Å². The number of alkyl halides is 1. The molecule has 0 fully saturated rings. The summed E-state index contributed by atoms with van der Waals surface area (Å²) in [6.07, 6.45) is 0. The average Bonchev–Trinajstić information content (AvgIpc) is 2.79. The molecule has 108 valence electrons. The van der Waals surface area contributed by atoms with Crippen LogP contribution in [-0.2, 0) is 0 Å². The molecular formula is C16H14BrClN2O. The Morgan fingerprint density at radius 2 is 1.71 bits per heavy atom. The minimum absolute atomic E-state index is 0.216. The van der Waals surface area contributed by atoms with E-state index in [2.05, 4.69) is 51.9 Å². The zero-order valence-electron chi connectivity index (χ0n) is 11.6. The van der Waals surface area contributed by atoms with E-state index in [1.807, 2.05) is 18.2 Å². The zero-order valence-corrected chi connectivity index (χ0v) is 14.0. The highest BCUT2D eigenvalue weighted by molar-refractivity contribution is 9.10. The SMILES string of the molecule is Cc1ccc(C(Cl)c2cc3[nH]c(=O)[nH]c3cc2Br)cc1C. The van der Waals surface area contributed by atoms with Gasteiger partial charge in [0.2, 0.25) is 0 Å². The van der Waals surface area contributed by atoms with Gasteiger partial charge in [-0.3, -0.25) is 0 Å². The van der Waals surface area contributed by atoms with Gasteiger partial charge in [-0.1, -0.05) is 34.1 Å². The van der Waals surface area contributed by atoms with Gasteiger partial charge in [-0.05, 0) is 48.2 Å². The number of fused-ring (bicyclic) bond motifs is 1. The Balaban J connectivity index is 2.11. The first-order valence-electron chi connectivity index (χ1n) is 6.58. The van der Waals surface area contributed by atoms with E-state index in [-0.39, 0.29) is 11.1 Å². The van der Waals surface area contributed by atoms with Gasteiger partial charge in [0.25, 0.3) is 0 Å². The monoisotopic (exact) mass is 364 g/mol. The van der Waals surface area contributed by atoms with Crippen LogP contribution in [0.25, 0.3) is 11.0 Å². The Kier molecular flexibility index (Phi) is 3.68. The molecule has 0 radical (unpaired) electrons. The standard InChI is InChI=1S/C16H14BrClN2O/c1-8-3-4-10(5-9(8)2)15(18)11-6-13-14(7-12(11)17)20-16(21)19-13/h3-7,15H,1-2H3,(H2,19,20,21). The van der Waals surface area contributed by atoms with E-state index < -0.39 is 0 Å². The van der Waals surface area contributed by atoms with Gasteiger partial charge >= 0.3 is 5.69 Å². The Morgan fingerprint density at radius 1 is 1.05 bits per heavy atom. The molecule has 0 amide bonds. The number of imidazole rings is 1. The first-order chi connectivity index (χ1) is 9.95. The van der Waals surface area contributed by atoms with E-state index in [0.717, 1.165) is 26.6 Å². The zero-order chi connectivity index (χ0) is 15.1. The van der Waals surface area contributed by atoms with E-state index in [1.54, 1.807) is 0 Å². The number of aromatic nitrogens is 2. The Bertz CT molecular complexity index is 882. The summed E-state index contributed by atoms with van der Waals surface area (Å²) in [6.45, 7) is 4.15. The third kappa shape index (κ3) is 2.65. The van der Waals surface area contributed by atoms with Crippen LogP contribution in [0.1, 0.15) is 27.6 Å². The molecule has 3 rings (SSSR count). The summed E-state index contributed by atoms with van der Waals surface area (Å²) in [6, 6.07) is 9.99. The van der Waals surface area contributed by atoms with Gasteiger partial charge in [0.05, 0.1) is 16.4 Å². The number of nitrogens with one attached hydrogen (secondary N) is 2. The van der Waals surface area contributed by atoms with Crippen molar-refractivity contribution in [2.45, 2.75) is 19.2 Å². The van der Waals surface area contributed by atoms with Crippen molar-refractivity contribution >= 4 is 38.6 Å². The van der Waals surface area contributed by atoms with Crippen molar-refractivity contribution in [1.82, 2.24) is 9.97 Å². The number of halogens is 2. The summed E-state index contributed by atoms with van der Waals surface area (Å²) < 4.78 is 0.878. The average molecular weight is 366 g/mol. The number of rotatable bonds is 2. The maximum absolute atomic E-state index is 11.4. The maximum atomic E-state index is 11.4. The minimum atomic E-state index is -0.276. The number of aryl methyl sites for hydroxylation is 2. The number of hydrogen-bond acceptors (Lipinski definition) is 1. The van der Waals surface area contributed by atoms with Crippen LogP contribution in [0.5, 0.6) is 0 Å². The largest absolute Gasteiger partial charge is 0.323 e. The molecule has 0 aliphatic rings. The molecule has 2 N–H and O–H groups in total. The minimum Gasteiger partial charge on any atom is -0.306 e. The molecule has 0 bridgehead atoms.